The molecule has 3 aromatic rings. The Labute approximate surface area is 337 Å². The number of hydrogen-bond donors (Lipinski definition) is 5. The van der Waals surface area contributed by atoms with E-state index in [1.165, 1.54) is 0 Å². The standard InChI is InChI=1S/C44H59N5O7S/c1-30(2)23-37(43(53)48-36(24-31-13-5-3-6-14-31)39(50)27-41(51)46-22-12-18-33-17-11-21-45-28-33)49-44(54)38(25-32-15-7-4-8-16-32)47-42(52)26-34-29-57(55,56)40-20-10-9-19-35(34)40/h4,7-11,15-17,19-21,28,30-31,34,36-39,50H,3,5-6,12-14,18,22-27,29H2,1-2H3,(H,46,51)(H,47,52)(H,48,53)(H,49,54)/t34?,36-,37-,38-,39-/m0/s1. The molecule has 308 valence electrons. The Morgan fingerprint density at radius 3 is 2.25 bits per heavy atom. The summed E-state index contributed by atoms with van der Waals surface area (Å²) in [5.41, 5.74) is 2.46. The lowest BCUT2D eigenvalue weighted by Crippen LogP contribution is -2.57. The molecule has 1 saturated carbocycles. The number of aryl methyl sites for hydroxylation is 1. The number of carbonyl (C=O) groups excluding carboxylic acids is 4. The summed E-state index contributed by atoms with van der Waals surface area (Å²) in [6.07, 6.45) is 9.75. The molecule has 13 heteroatoms. The van der Waals surface area contributed by atoms with Gasteiger partial charge in [0, 0.05) is 37.7 Å². The smallest absolute Gasteiger partial charge is 0.243 e. The van der Waals surface area contributed by atoms with Gasteiger partial charge in [0.15, 0.2) is 9.84 Å². The molecule has 1 aromatic heterocycles. The predicted molar refractivity (Wildman–Crippen MR) is 219 cm³/mol. The fourth-order valence-electron chi connectivity index (χ4n) is 8.07. The number of hydrogen-bond acceptors (Lipinski definition) is 8. The van der Waals surface area contributed by atoms with E-state index in [-0.39, 0.29) is 47.7 Å². The minimum Gasteiger partial charge on any atom is -0.390 e. The van der Waals surface area contributed by atoms with Gasteiger partial charge in [-0.15, -0.1) is 0 Å². The second-order valence-electron chi connectivity index (χ2n) is 16.2. The summed E-state index contributed by atoms with van der Waals surface area (Å²) in [5.74, 6) is -2.24. The van der Waals surface area contributed by atoms with Crippen LogP contribution in [0.25, 0.3) is 0 Å². The number of pyridine rings is 1. The van der Waals surface area contributed by atoms with Gasteiger partial charge in [-0.1, -0.05) is 101 Å². The van der Waals surface area contributed by atoms with Crippen molar-refractivity contribution in [2.75, 3.05) is 12.3 Å². The monoisotopic (exact) mass is 801 g/mol. The quantitative estimate of drug-likeness (QED) is 0.103. The molecule has 5 rings (SSSR count). The molecule has 0 bridgehead atoms. The first kappa shape index (κ1) is 43.5. The van der Waals surface area contributed by atoms with Crippen molar-refractivity contribution < 1.29 is 32.7 Å². The highest BCUT2D eigenvalue weighted by atomic mass is 32.2. The Morgan fingerprint density at radius 2 is 1.53 bits per heavy atom. The Balaban J connectivity index is 1.25. The molecule has 4 amide bonds. The van der Waals surface area contributed by atoms with Crippen LogP contribution >= 0.6 is 0 Å². The molecule has 1 aliphatic carbocycles. The summed E-state index contributed by atoms with van der Waals surface area (Å²) < 4.78 is 25.6. The number of benzene rings is 2. The van der Waals surface area contributed by atoms with Crippen molar-refractivity contribution in [3.05, 3.63) is 95.8 Å². The largest absolute Gasteiger partial charge is 0.390 e. The SMILES string of the molecule is CC(C)C[C@H](NC(=O)[C@H](Cc1ccccc1)NC(=O)CC1CS(=O)(=O)c2ccccc21)C(=O)N[C@@H](CC1CCCCC1)[C@@H](O)CC(=O)NCCCc1cccnc1. The maximum atomic E-state index is 14.1. The number of fused-ring (bicyclic) bond motifs is 1. The lowest BCUT2D eigenvalue weighted by atomic mass is 9.83. The molecule has 1 unspecified atom stereocenters. The van der Waals surface area contributed by atoms with Gasteiger partial charge in [-0.25, -0.2) is 8.42 Å². The van der Waals surface area contributed by atoms with Crippen LogP contribution in [0.15, 0.2) is 84.0 Å². The number of nitrogens with zero attached hydrogens (tertiary/aromatic N) is 1. The van der Waals surface area contributed by atoms with E-state index in [1.807, 2.05) is 56.3 Å². The zero-order chi connectivity index (χ0) is 40.8. The highest BCUT2D eigenvalue weighted by Gasteiger charge is 2.37. The maximum absolute atomic E-state index is 14.1. The summed E-state index contributed by atoms with van der Waals surface area (Å²) in [4.78, 5) is 59.1. The van der Waals surface area contributed by atoms with Crippen molar-refractivity contribution in [2.45, 2.75) is 126 Å². The number of carbonyl (C=O) groups is 4. The molecule has 0 radical (unpaired) electrons. The molecule has 0 saturated heterocycles. The molecule has 5 N–H and O–H groups in total. The fraction of sp³-hybridized carbons (Fsp3) is 0.523. The van der Waals surface area contributed by atoms with Gasteiger partial charge in [-0.3, -0.25) is 24.2 Å². The Morgan fingerprint density at radius 1 is 0.825 bits per heavy atom. The van der Waals surface area contributed by atoms with Gasteiger partial charge in [-0.2, -0.15) is 0 Å². The van der Waals surface area contributed by atoms with Crippen molar-refractivity contribution in [3.63, 3.8) is 0 Å². The molecule has 12 nitrogen and oxygen atoms in total. The van der Waals surface area contributed by atoms with Gasteiger partial charge in [-0.05, 0) is 66.3 Å². The fourth-order valence-corrected chi connectivity index (χ4v) is 9.96. The van der Waals surface area contributed by atoms with Crippen molar-refractivity contribution in [1.29, 1.82) is 0 Å². The zero-order valence-electron chi connectivity index (χ0n) is 33.2. The van der Waals surface area contributed by atoms with Gasteiger partial charge in [0.25, 0.3) is 0 Å². The number of aliphatic hydroxyl groups excluding tert-OH is 1. The number of sulfone groups is 1. The molecule has 57 heavy (non-hydrogen) atoms. The Kier molecular flexibility index (Phi) is 16.2. The van der Waals surface area contributed by atoms with Crippen LogP contribution < -0.4 is 21.3 Å². The zero-order valence-corrected chi connectivity index (χ0v) is 34.0. The highest BCUT2D eigenvalue weighted by Crippen LogP contribution is 2.36. The van der Waals surface area contributed by atoms with E-state index in [2.05, 4.69) is 26.3 Å². The molecular weight excluding hydrogens is 743 g/mol. The number of amides is 4. The van der Waals surface area contributed by atoms with Crippen molar-refractivity contribution in [1.82, 2.24) is 26.3 Å². The third-order valence-electron chi connectivity index (χ3n) is 11.0. The summed E-state index contributed by atoms with van der Waals surface area (Å²) >= 11 is 0. The number of aliphatic hydroxyl groups is 1. The second-order valence-corrected chi connectivity index (χ2v) is 18.2. The summed E-state index contributed by atoms with van der Waals surface area (Å²) in [6, 6.07) is 17.0. The minimum absolute atomic E-state index is 0.00626. The van der Waals surface area contributed by atoms with Crippen molar-refractivity contribution >= 4 is 33.5 Å². The minimum atomic E-state index is -3.52. The molecule has 2 aliphatic rings. The van der Waals surface area contributed by atoms with Gasteiger partial charge in [0.2, 0.25) is 23.6 Å². The van der Waals surface area contributed by atoms with Crippen LogP contribution in [-0.4, -0.2) is 78.7 Å². The normalized spacial score (nSPS) is 18.4. The third kappa shape index (κ3) is 13.5. The lowest BCUT2D eigenvalue weighted by molar-refractivity contribution is -0.133. The van der Waals surface area contributed by atoms with E-state index >= 15 is 0 Å². The van der Waals surface area contributed by atoms with Crippen molar-refractivity contribution in [3.8, 4) is 0 Å². The summed E-state index contributed by atoms with van der Waals surface area (Å²) in [7, 11) is -3.52. The van der Waals surface area contributed by atoms with E-state index < -0.39 is 57.7 Å². The Hall–Kier alpha value is -4.62. The molecule has 1 aliphatic heterocycles. The van der Waals surface area contributed by atoms with Gasteiger partial charge in [0.05, 0.1) is 29.2 Å². The van der Waals surface area contributed by atoms with Crippen molar-refractivity contribution in [2.24, 2.45) is 11.8 Å². The van der Waals surface area contributed by atoms with Crippen LogP contribution in [-0.2, 0) is 41.9 Å². The van der Waals surface area contributed by atoms with Crippen LogP contribution in [0.1, 0.15) is 101 Å². The van der Waals surface area contributed by atoms with Gasteiger partial charge in [0.1, 0.15) is 12.1 Å². The first-order valence-corrected chi connectivity index (χ1v) is 22.1. The third-order valence-corrected chi connectivity index (χ3v) is 12.9. The topological polar surface area (TPSA) is 184 Å². The average Bonchev–Trinajstić information content (AvgIpc) is 3.45. The number of nitrogens with one attached hydrogen (secondary N) is 4. The van der Waals surface area contributed by atoms with E-state index in [0.717, 1.165) is 49.7 Å². The molecule has 1 fully saturated rings. The van der Waals surface area contributed by atoms with Crippen LogP contribution in [0.3, 0.4) is 0 Å². The summed E-state index contributed by atoms with van der Waals surface area (Å²) in [6.45, 7) is 4.32. The van der Waals surface area contributed by atoms with Gasteiger partial charge < -0.3 is 26.4 Å². The lowest BCUT2D eigenvalue weighted by Gasteiger charge is -2.32. The Bertz CT molecular complexity index is 1890. The van der Waals surface area contributed by atoms with Crippen LogP contribution in [0.4, 0.5) is 0 Å². The predicted octanol–water partition coefficient (Wildman–Crippen LogP) is 4.56. The first-order valence-electron chi connectivity index (χ1n) is 20.5. The molecule has 2 aromatic carbocycles. The molecule has 5 atom stereocenters. The molecular formula is C44H59N5O7S. The first-order chi connectivity index (χ1) is 27.4. The van der Waals surface area contributed by atoms with Crippen LogP contribution in [0, 0.1) is 11.8 Å². The van der Waals surface area contributed by atoms with E-state index in [0.29, 0.717) is 31.4 Å². The summed E-state index contributed by atoms with van der Waals surface area (Å²) in [5, 5.41) is 23.1. The average molecular weight is 802 g/mol. The highest BCUT2D eigenvalue weighted by molar-refractivity contribution is 7.91. The number of aromatic nitrogens is 1. The van der Waals surface area contributed by atoms with E-state index in [9.17, 15) is 32.7 Å². The van der Waals surface area contributed by atoms with E-state index in [4.69, 9.17) is 0 Å². The molecule has 2 heterocycles. The van der Waals surface area contributed by atoms with E-state index in [1.54, 1.807) is 36.7 Å². The van der Waals surface area contributed by atoms with Gasteiger partial charge >= 0.3 is 0 Å². The molecule has 0 spiro atoms. The van der Waals surface area contributed by atoms with Crippen LogP contribution in [0.5, 0.6) is 0 Å². The van der Waals surface area contributed by atoms with Crippen LogP contribution in [0.2, 0.25) is 0 Å². The second kappa shape index (κ2) is 21.2. The number of rotatable bonds is 20. The maximum Gasteiger partial charge on any atom is 0.243 e.